The Bertz CT molecular complexity index is 721. The fourth-order valence-electron chi connectivity index (χ4n) is 2.88. The zero-order valence-corrected chi connectivity index (χ0v) is 15.5. The van der Waals surface area contributed by atoms with Gasteiger partial charge >= 0.3 is 5.97 Å². The third kappa shape index (κ3) is 5.57. The van der Waals surface area contributed by atoms with E-state index in [2.05, 4.69) is 4.72 Å². The Morgan fingerprint density at radius 3 is 2.64 bits per heavy atom. The summed E-state index contributed by atoms with van der Waals surface area (Å²) in [5, 5.41) is 0. The monoisotopic (exact) mass is 367 g/mol. The Labute approximate surface area is 149 Å². The standard InChI is InChI=1S/C18H25NO5S/c1-19-25(21,22)17-12-14(8-10-16(17)23-2)9-11-18(20)24-13-15-6-4-3-5-7-15/h8-12,15,19H,3-7,13H2,1-2H3/b11-9+. The van der Waals surface area contributed by atoms with Gasteiger partial charge in [0, 0.05) is 6.08 Å². The number of benzene rings is 1. The van der Waals surface area contributed by atoms with Gasteiger partial charge in [-0.25, -0.2) is 17.9 Å². The number of esters is 1. The fraction of sp³-hybridized carbons (Fsp3) is 0.500. The van der Waals surface area contributed by atoms with Gasteiger partial charge in [-0.1, -0.05) is 25.3 Å². The van der Waals surface area contributed by atoms with Crippen LogP contribution in [0.4, 0.5) is 0 Å². The summed E-state index contributed by atoms with van der Waals surface area (Å²) in [4.78, 5) is 11.9. The average molecular weight is 367 g/mol. The van der Waals surface area contributed by atoms with Crippen LogP contribution >= 0.6 is 0 Å². The smallest absolute Gasteiger partial charge is 0.330 e. The van der Waals surface area contributed by atoms with E-state index in [9.17, 15) is 13.2 Å². The summed E-state index contributed by atoms with van der Waals surface area (Å²) < 4.78 is 36.7. The highest BCUT2D eigenvalue weighted by molar-refractivity contribution is 7.89. The minimum Gasteiger partial charge on any atom is -0.495 e. The predicted octanol–water partition coefficient (Wildman–Crippen LogP) is 2.74. The van der Waals surface area contributed by atoms with E-state index in [1.807, 2.05) is 0 Å². The van der Waals surface area contributed by atoms with Crippen molar-refractivity contribution in [3.63, 3.8) is 0 Å². The first-order valence-electron chi connectivity index (χ1n) is 8.42. The second-order valence-electron chi connectivity index (χ2n) is 6.09. The number of methoxy groups -OCH3 is 1. The molecule has 1 aliphatic carbocycles. The maximum absolute atomic E-state index is 12.0. The van der Waals surface area contributed by atoms with Gasteiger partial charge in [0.05, 0.1) is 13.7 Å². The van der Waals surface area contributed by atoms with E-state index in [4.69, 9.17) is 9.47 Å². The van der Waals surface area contributed by atoms with E-state index < -0.39 is 16.0 Å². The van der Waals surface area contributed by atoms with E-state index in [-0.39, 0.29) is 10.6 Å². The van der Waals surface area contributed by atoms with Gasteiger partial charge in [-0.05, 0) is 49.6 Å². The van der Waals surface area contributed by atoms with Crippen LogP contribution in [0.3, 0.4) is 0 Å². The van der Waals surface area contributed by atoms with Crippen molar-refractivity contribution in [1.29, 1.82) is 0 Å². The first-order chi connectivity index (χ1) is 12.0. The summed E-state index contributed by atoms with van der Waals surface area (Å²) in [7, 11) is -0.914. The lowest BCUT2D eigenvalue weighted by Crippen LogP contribution is -2.19. The van der Waals surface area contributed by atoms with Gasteiger partial charge in [-0.15, -0.1) is 0 Å². The molecule has 0 aromatic heterocycles. The number of hydrogen-bond acceptors (Lipinski definition) is 5. The summed E-state index contributed by atoms with van der Waals surface area (Å²) in [5.74, 6) is 0.283. The summed E-state index contributed by atoms with van der Waals surface area (Å²) >= 11 is 0. The lowest BCUT2D eigenvalue weighted by molar-refractivity contribution is -0.139. The lowest BCUT2D eigenvalue weighted by Gasteiger charge is -2.20. The molecule has 7 heteroatoms. The molecule has 1 aromatic carbocycles. The van der Waals surface area contributed by atoms with E-state index in [0.29, 0.717) is 18.1 Å². The van der Waals surface area contributed by atoms with E-state index >= 15 is 0 Å². The number of rotatable bonds is 7. The molecule has 138 valence electrons. The zero-order valence-electron chi connectivity index (χ0n) is 14.7. The van der Waals surface area contributed by atoms with Crippen LogP contribution in [-0.2, 0) is 19.6 Å². The van der Waals surface area contributed by atoms with Crippen LogP contribution < -0.4 is 9.46 Å². The first-order valence-corrected chi connectivity index (χ1v) is 9.91. The Balaban J connectivity index is 2.02. The maximum Gasteiger partial charge on any atom is 0.330 e. The maximum atomic E-state index is 12.0. The highest BCUT2D eigenvalue weighted by Gasteiger charge is 2.18. The van der Waals surface area contributed by atoms with Gasteiger partial charge in [0.25, 0.3) is 0 Å². The number of sulfonamides is 1. The molecule has 6 nitrogen and oxygen atoms in total. The molecule has 0 saturated heterocycles. The van der Waals surface area contributed by atoms with Crippen molar-refractivity contribution in [3.8, 4) is 5.75 Å². The molecule has 1 N–H and O–H groups in total. The number of carbonyl (C=O) groups excluding carboxylic acids is 1. The molecular formula is C18H25NO5S. The van der Waals surface area contributed by atoms with Crippen LogP contribution in [-0.4, -0.2) is 35.2 Å². The van der Waals surface area contributed by atoms with Crippen molar-refractivity contribution >= 4 is 22.1 Å². The van der Waals surface area contributed by atoms with Crippen LogP contribution in [0.1, 0.15) is 37.7 Å². The Kier molecular flexibility index (Phi) is 7.01. The second kappa shape index (κ2) is 9.01. The molecule has 0 radical (unpaired) electrons. The van der Waals surface area contributed by atoms with Crippen molar-refractivity contribution in [2.75, 3.05) is 20.8 Å². The Morgan fingerprint density at radius 2 is 2.00 bits per heavy atom. The Hall–Kier alpha value is -1.86. The molecule has 0 bridgehead atoms. The highest BCUT2D eigenvalue weighted by Crippen LogP contribution is 2.25. The number of ether oxygens (including phenoxy) is 2. The van der Waals surface area contributed by atoms with Crippen molar-refractivity contribution in [1.82, 2.24) is 4.72 Å². The topological polar surface area (TPSA) is 81.7 Å². The van der Waals surface area contributed by atoms with Gasteiger partial charge in [0.1, 0.15) is 10.6 Å². The average Bonchev–Trinajstić information content (AvgIpc) is 2.65. The number of carbonyl (C=O) groups is 1. The van der Waals surface area contributed by atoms with Crippen LogP contribution in [0.2, 0.25) is 0 Å². The van der Waals surface area contributed by atoms with Crippen molar-refractivity contribution < 1.29 is 22.7 Å². The lowest BCUT2D eigenvalue weighted by atomic mass is 9.90. The van der Waals surface area contributed by atoms with Crippen LogP contribution in [0.15, 0.2) is 29.2 Å². The number of hydrogen-bond donors (Lipinski definition) is 1. The molecule has 1 saturated carbocycles. The molecule has 1 fully saturated rings. The fourth-order valence-corrected chi connectivity index (χ4v) is 3.81. The summed E-state index contributed by atoms with van der Waals surface area (Å²) in [5.41, 5.74) is 0.573. The molecule has 2 rings (SSSR count). The van der Waals surface area contributed by atoms with Crippen LogP contribution in [0, 0.1) is 5.92 Å². The molecular weight excluding hydrogens is 342 g/mol. The quantitative estimate of drug-likeness (QED) is 0.592. The summed E-state index contributed by atoms with van der Waals surface area (Å²) in [6.45, 7) is 0.450. The van der Waals surface area contributed by atoms with E-state index in [1.54, 1.807) is 12.1 Å². The molecule has 0 spiro atoms. The van der Waals surface area contributed by atoms with Crippen molar-refractivity contribution in [3.05, 3.63) is 29.8 Å². The zero-order chi connectivity index (χ0) is 18.3. The highest BCUT2D eigenvalue weighted by atomic mass is 32.2. The third-order valence-corrected chi connectivity index (χ3v) is 5.78. The van der Waals surface area contributed by atoms with Gasteiger partial charge < -0.3 is 9.47 Å². The number of nitrogens with one attached hydrogen (secondary N) is 1. The van der Waals surface area contributed by atoms with Gasteiger partial charge in [0.2, 0.25) is 10.0 Å². The first kappa shape index (κ1) is 19.5. The molecule has 0 atom stereocenters. The SMILES string of the molecule is CNS(=O)(=O)c1cc(/C=C/C(=O)OCC2CCCCC2)ccc1OC. The third-order valence-electron chi connectivity index (χ3n) is 4.34. The van der Waals surface area contributed by atoms with Crippen LogP contribution in [0.5, 0.6) is 5.75 Å². The molecule has 1 aromatic rings. The van der Waals surface area contributed by atoms with Crippen molar-refractivity contribution in [2.24, 2.45) is 5.92 Å². The summed E-state index contributed by atoms with van der Waals surface area (Å²) in [6, 6.07) is 4.69. The molecule has 0 amide bonds. The van der Waals surface area contributed by atoms with Crippen molar-refractivity contribution in [2.45, 2.75) is 37.0 Å². The van der Waals surface area contributed by atoms with Gasteiger partial charge in [0.15, 0.2) is 0 Å². The van der Waals surface area contributed by atoms with Crippen LogP contribution in [0.25, 0.3) is 6.08 Å². The Morgan fingerprint density at radius 1 is 1.28 bits per heavy atom. The minimum atomic E-state index is -3.65. The minimum absolute atomic E-state index is 0.0234. The second-order valence-corrected chi connectivity index (χ2v) is 7.94. The normalized spacial score (nSPS) is 16.1. The predicted molar refractivity (Wildman–Crippen MR) is 95.8 cm³/mol. The van der Waals surface area contributed by atoms with E-state index in [1.165, 1.54) is 51.6 Å². The molecule has 1 aliphatic rings. The molecule has 0 aliphatic heterocycles. The molecule has 25 heavy (non-hydrogen) atoms. The van der Waals surface area contributed by atoms with Gasteiger partial charge in [-0.2, -0.15) is 0 Å². The van der Waals surface area contributed by atoms with Gasteiger partial charge in [-0.3, -0.25) is 0 Å². The molecule has 0 unspecified atom stereocenters. The summed E-state index contributed by atoms with van der Waals surface area (Å²) in [6.07, 6.45) is 8.75. The van der Waals surface area contributed by atoms with E-state index in [0.717, 1.165) is 12.8 Å². The molecule has 0 heterocycles. The largest absolute Gasteiger partial charge is 0.495 e.